The Kier molecular flexibility index (Phi) is 4.91. The van der Waals surface area contributed by atoms with Gasteiger partial charge < -0.3 is 4.57 Å². The van der Waals surface area contributed by atoms with Crippen molar-refractivity contribution in [1.29, 1.82) is 0 Å². The molecule has 122 valence electrons. The molecule has 0 saturated carbocycles. The summed E-state index contributed by atoms with van der Waals surface area (Å²) in [6, 6.07) is 15.2. The minimum atomic E-state index is -0.244. The predicted molar refractivity (Wildman–Crippen MR) is 96.1 cm³/mol. The fraction of sp³-hybridized carbons (Fsp3) is 0.167. The van der Waals surface area contributed by atoms with Crippen LogP contribution in [-0.4, -0.2) is 21.7 Å². The minimum absolute atomic E-state index is 0.156. The molecular weight excluding hydrogens is 324 g/mol. The molecule has 0 bridgehead atoms. The van der Waals surface area contributed by atoms with Crippen molar-refractivity contribution in [2.75, 3.05) is 0 Å². The molecule has 0 aliphatic heterocycles. The Morgan fingerprint density at radius 3 is 2.88 bits per heavy atom. The topological polar surface area (TPSA) is 59.3 Å². The number of fused-ring (bicyclic) bond motifs is 1. The summed E-state index contributed by atoms with van der Waals surface area (Å²) >= 11 is 6.04. The summed E-state index contributed by atoms with van der Waals surface area (Å²) in [5, 5.41) is 4.57. The van der Waals surface area contributed by atoms with Crippen LogP contribution in [0.15, 0.2) is 60.0 Å². The predicted octanol–water partition coefficient (Wildman–Crippen LogP) is 3.48. The van der Waals surface area contributed by atoms with Crippen LogP contribution in [0.25, 0.3) is 11.0 Å². The summed E-state index contributed by atoms with van der Waals surface area (Å²) in [7, 11) is 0. The molecule has 0 spiro atoms. The van der Waals surface area contributed by atoms with Gasteiger partial charge >= 0.3 is 0 Å². The van der Waals surface area contributed by atoms with Crippen LogP contribution < -0.4 is 5.43 Å². The van der Waals surface area contributed by atoms with Crippen molar-refractivity contribution in [3.8, 4) is 0 Å². The van der Waals surface area contributed by atoms with Crippen LogP contribution >= 0.6 is 11.6 Å². The highest BCUT2D eigenvalue weighted by molar-refractivity contribution is 6.33. The van der Waals surface area contributed by atoms with Crippen LogP contribution in [0, 0.1) is 5.92 Å². The van der Waals surface area contributed by atoms with E-state index in [1.165, 1.54) is 0 Å². The van der Waals surface area contributed by atoms with Crippen LogP contribution in [0.5, 0.6) is 0 Å². The minimum Gasteiger partial charge on any atom is -0.330 e. The van der Waals surface area contributed by atoms with E-state index in [-0.39, 0.29) is 11.8 Å². The Hall–Kier alpha value is -2.66. The first-order chi connectivity index (χ1) is 11.6. The molecule has 1 aromatic heterocycles. The summed E-state index contributed by atoms with van der Waals surface area (Å²) in [6.07, 6.45) is 3.29. The smallest absolute Gasteiger partial charge is 0.244 e. The van der Waals surface area contributed by atoms with Crippen molar-refractivity contribution < 1.29 is 4.79 Å². The van der Waals surface area contributed by atoms with Gasteiger partial charge in [-0.25, -0.2) is 10.4 Å². The zero-order valence-corrected chi connectivity index (χ0v) is 13.9. The van der Waals surface area contributed by atoms with Gasteiger partial charge in [0.05, 0.1) is 29.5 Å². The number of carbonyl (C=O) groups excluding carboxylic acids is 1. The largest absolute Gasteiger partial charge is 0.330 e. The number of halogens is 1. The number of amides is 1. The van der Waals surface area contributed by atoms with Crippen molar-refractivity contribution in [1.82, 2.24) is 15.0 Å². The van der Waals surface area contributed by atoms with E-state index in [2.05, 4.69) is 15.5 Å². The number of para-hydroxylation sites is 2. The number of imidazole rings is 1. The van der Waals surface area contributed by atoms with Gasteiger partial charge in [0, 0.05) is 17.1 Å². The first kappa shape index (κ1) is 16.2. The molecule has 1 N–H and O–H groups in total. The van der Waals surface area contributed by atoms with Crippen LogP contribution in [0.1, 0.15) is 12.5 Å². The highest BCUT2D eigenvalue weighted by atomic mass is 35.5. The van der Waals surface area contributed by atoms with Gasteiger partial charge in [0.2, 0.25) is 5.91 Å². The van der Waals surface area contributed by atoms with Crippen molar-refractivity contribution in [2.24, 2.45) is 11.0 Å². The normalized spacial score (nSPS) is 12.6. The maximum atomic E-state index is 12.2. The second-order valence-electron chi connectivity index (χ2n) is 5.54. The molecule has 1 atom stereocenters. The summed E-state index contributed by atoms with van der Waals surface area (Å²) in [5.41, 5.74) is 5.24. The molecule has 6 heteroatoms. The van der Waals surface area contributed by atoms with E-state index >= 15 is 0 Å². The number of nitrogens with zero attached hydrogens (tertiary/aromatic N) is 3. The van der Waals surface area contributed by atoms with E-state index in [0.717, 1.165) is 16.6 Å². The Morgan fingerprint density at radius 2 is 2.04 bits per heavy atom. The van der Waals surface area contributed by atoms with Crippen LogP contribution in [-0.2, 0) is 11.3 Å². The molecule has 0 saturated heterocycles. The summed E-state index contributed by atoms with van der Waals surface area (Å²) in [5.74, 6) is -0.401. The Morgan fingerprint density at radius 1 is 1.29 bits per heavy atom. The number of hydrazone groups is 1. The maximum Gasteiger partial charge on any atom is 0.244 e. The monoisotopic (exact) mass is 340 g/mol. The van der Waals surface area contributed by atoms with Gasteiger partial charge in [0.25, 0.3) is 0 Å². The number of rotatable bonds is 5. The molecule has 3 rings (SSSR count). The maximum absolute atomic E-state index is 12.2. The van der Waals surface area contributed by atoms with E-state index in [9.17, 15) is 4.79 Å². The van der Waals surface area contributed by atoms with E-state index < -0.39 is 0 Å². The fourth-order valence-corrected chi connectivity index (χ4v) is 2.57. The molecule has 2 aromatic carbocycles. The van der Waals surface area contributed by atoms with Gasteiger partial charge in [-0.05, 0) is 18.2 Å². The van der Waals surface area contributed by atoms with Crippen molar-refractivity contribution in [3.63, 3.8) is 0 Å². The van der Waals surface area contributed by atoms with Gasteiger partial charge in [-0.1, -0.05) is 48.9 Å². The zero-order chi connectivity index (χ0) is 16.9. The quantitative estimate of drug-likeness (QED) is 0.571. The standard InChI is InChI=1S/C18H17ClN4O/c1-13(11-23-12-20-16-8-4-5-9-17(16)23)18(24)22-21-10-14-6-2-3-7-15(14)19/h2-10,12-13H,11H2,1H3,(H,22,24). The summed E-state index contributed by atoms with van der Waals surface area (Å²) < 4.78 is 1.97. The van der Waals surface area contributed by atoms with Gasteiger partial charge in [0.15, 0.2) is 0 Å². The van der Waals surface area contributed by atoms with Crippen LogP contribution in [0.2, 0.25) is 5.02 Å². The fourth-order valence-electron chi connectivity index (χ4n) is 2.39. The van der Waals surface area contributed by atoms with Crippen LogP contribution in [0.3, 0.4) is 0 Å². The number of hydrogen-bond donors (Lipinski definition) is 1. The molecule has 0 aliphatic rings. The average Bonchev–Trinajstić information content (AvgIpc) is 2.99. The third-order valence-corrected chi connectivity index (χ3v) is 4.07. The van der Waals surface area contributed by atoms with Crippen LogP contribution in [0.4, 0.5) is 0 Å². The number of carbonyl (C=O) groups is 1. The molecular formula is C18H17ClN4O. The average molecular weight is 341 g/mol. The lowest BCUT2D eigenvalue weighted by Gasteiger charge is -2.11. The Bertz CT molecular complexity index is 887. The second-order valence-corrected chi connectivity index (χ2v) is 5.95. The Balaban J connectivity index is 1.62. The van der Waals surface area contributed by atoms with Gasteiger partial charge in [-0.3, -0.25) is 4.79 Å². The molecule has 0 radical (unpaired) electrons. The third-order valence-electron chi connectivity index (χ3n) is 3.73. The first-order valence-electron chi connectivity index (χ1n) is 7.62. The van der Waals surface area contributed by atoms with E-state index in [0.29, 0.717) is 11.6 Å². The highest BCUT2D eigenvalue weighted by Gasteiger charge is 2.14. The van der Waals surface area contributed by atoms with Crippen molar-refractivity contribution >= 4 is 34.8 Å². The SMILES string of the molecule is CC(Cn1cnc2ccccc21)C(=O)NN=Cc1ccccc1Cl. The lowest BCUT2D eigenvalue weighted by Crippen LogP contribution is -2.27. The lowest BCUT2D eigenvalue weighted by molar-refractivity contribution is -0.124. The highest BCUT2D eigenvalue weighted by Crippen LogP contribution is 2.14. The summed E-state index contributed by atoms with van der Waals surface area (Å²) in [6.45, 7) is 2.39. The van der Waals surface area contributed by atoms with Gasteiger partial charge in [-0.15, -0.1) is 0 Å². The van der Waals surface area contributed by atoms with Gasteiger partial charge in [-0.2, -0.15) is 5.10 Å². The van der Waals surface area contributed by atoms with E-state index in [1.807, 2.05) is 54.0 Å². The van der Waals surface area contributed by atoms with E-state index in [4.69, 9.17) is 11.6 Å². The Labute approximate surface area is 145 Å². The molecule has 0 fully saturated rings. The molecule has 1 amide bonds. The second kappa shape index (κ2) is 7.27. The molecule has 5 nitrogen and oxygen atoms in total. The van der Waals surface area contributed by atoms with Crippen molar-refractivity contribution in [2.45, 2.75) is 13.5 Å². The lowest BCUT2D eigenvalue weighted by atomic mass is 10.1. The number of nitrogens with one attached hydrogen (secondary N) is 1. The molecule has 1 unspecified atom stereocenters. The number of aromatic nitrogens is 2. The number of benzene rings is 2. The molecule has 1 heterocycles. The summed E-state index contributed by atoms with van der Waals surface area (Å²) in [4.78, 5) is 16.5. The zero-order valence-electron chi connectivity index (χ0n) is 13.2. The third kappa shape index (κ3) is 3.63. The first-order valence-corrected chi connectivity index (χ1v) is 8.00. The molecule has 0 aliphatic carbocycles. The van der Waals surface area contributed by atoms with Gasteiger partial charge in [0.1, 0.15) is 0 Å². The van der Waals surface area contributed by atoms with E-state index in [1.54, 1.807) is 18.6 Å². The van der Waals surface area contributed by atoms with Crippen molar-refractivity contribution in [3.05, 3.63) is 65.4 Å². The number of hydrogen-bond acceptors (Lipinski definition) is 3. The molecule has 24 heavy (non-hydrogen) atoms. The molecule has 3 aromatic rings.